The monoisotopic (exact) mass is 435 g/mol. The highest BCUT2D eigenvalue weighted by molar-refractivity contribution is 5.95. The molecular weight excluding hydrogens is 402 g/mol. The Kier molecular flexibility index (Phi) is 7.77. The van der Waals surface area contributed by atoms with Crippen LogP contribution in [0.1, 0.15) is 63.9 Å². The molecule has 1 saturated heterocycles. The van der Waals surface area contributed by atoms with E-state index in [1.165, 1.54) is 12.8 Å². The molecule has 2 bridgehead atoms. The SMILES string of the molecule is O=C1NCCCCCOc2ccc(C(=O)NCCN3CCCC3)cc2Cc2cccc1c2. The Hall–Kier alpha value is -2.86. The first-order chi connectivity index (χ1) is 15.7. The first-order valence-corrected chi connectivity index (χ1v) is 11.8. The summed E-state index contributed by atoms with van der Waals surface area (Å²) in [6.07, 6.45) is 5.96. The minimum absolute atomic E-state index is 0.0356. The number of benzene rings is 2. The van der Waals surface area contributed by atoms with Crippen molar-refractivity contribution < 1.29 is 14.3 Å². The summed E-state index contributed by atoms with van der Waals surface area (Å²) in [6, 6.07) is 13.4. The van der Waals surface area contributed by atoms with Crippen LogP contribution in [0.2, 0.25) is 0 Å². The standard InChI is InChI=1S/C26H33N3O3/c30-25-21-8-6-7-20(17-21)18-23-19-22(26(31)28-12-15-29-13-3-4-14-29)9-10-24(23)32-16-5-1-2-11-27-25/h6-10,17,19H,1-5,11-16,18H2,(H,27,30)(H,28,31). The van der Waals surface area contributed by atoms with Crippen LogP contribution >= 0.6 is 0 Å². The van der Waals surface area contributed by atoms with Crippen molar-refractivity contribution in [2.75, 3.05) is 39.3 Å². The second-order valence-electron chi connectivity index (χ2n) is 8.67. The van der Waals surface area contributed by atoms with Crippen LogP contribution in [0.4, 0.5) is 0 Å². The average molecular weight is 436 g/mol. The molecule has 2 aromatic carbocycles. The van der Waals surface area contributed by atoms with Crippen molar-refractivity contribution in [3.63, 3.8) is 0 Å². The molecule has 0 radical (unpaired) electrons. The smallest absolute Gasteiger partial charge is 0.251 e. The number of carbonyl (C=O) groups is 2. The van der Waals surface area contributed by atoms with Gasteiger partial charge < -0.3 is 20.3 Å². The molecule has 2 aliphatic heterocycles. The topological polar surface area (TPSA) is 70.7 Å². The van der Waals surface area contributed by atoms with Crippen LogP contribution in [-0.4, -0.2) is 56.0 Å². The summed E-state index contributed by atoms with van der Waals surface area (Å²) >= 11 is 0. The normalized spacial score (nSPS) is 17.6. The van der Waals surface area contributed by atoms with E-state index >= 15 is 0 Å². The molecule has 6 nitrogen and oxygen atoms in total. The molecule has 6 heteroatoms. The van der Waals surface area contributed by atoms with Crippen LogP contribution in [0.5, 0.6) is 5.75 Å². The molecule has 2 N–H and O–H groups in total. The molecule has 0 unspecified atom stereocenters. The number of nitrogens with one attached hydrogen (secondary N) is 2. The minimum atomic E-state index is -0.0560. The minimum Gasteiger partial charge on any atom is -0.493 e. The van der Waals surface area contributed by atoms with Crippen molar-refractivity contribution in [2.24, 2.45) is 0 Å². The van der Waals surface area contributed by atoms with Crippen molar-refractivity contribution in [1.29, 1.82) is 0 Å². The molecular formula is C26H33N3O3. The van der Waals surface area contributed by atoms with Gasteiger partial charge in [-0.05, 0) is 86.7 Å². The van der Waals surface area contributed by atoms with E-state index in [9.17, 15) is 9.59 Å². The van der Waals surface area contributed by atoms with E-state index in [0.29, 0.717) is 37.2 Å². The van der Waals surface area contributed by atoms with Gasteiger partial charge in [0.05, 0.1) is 6.61 Å². The zero-order valence-electron chi connectivity index (χ0n) is 18.7. The van der Waals surface area contributed by atoms with Gasteiger partial charge in [0.1, 0.15) is 5.75 Å². The zero-order chi connectivity index (χ0) is 22.2. The summed E-state index contributed by atoms with van der Waals surface area (Å²) < 4.78 is 6.08. The van der Waals surface area contributed by atoms with E-state index in [1.807, 2.05) is 42.5 Å². The number of hydrogen-bond donors (Lipinski definition) is 2. The summed E-state index contributed by atoms with van der Waals surface area (Å²) in [4.78, 5) is 27.6. The van der Waals surface area contributed by atoms with Gasteiger partial charge in [-0.3, -0.25) is 9.59 Å². The summed E-state index contributed by atoms with van der Waals surface area (Å²) in [7, 11) is 0. The second-order valence-corrected chi connectivity index (χ2v) is 8.67. The van der Waals surface area contributed by atoms with Gasteiger partial charge in [-0.25, -0.2) is 0 Å². The summed E-state index contributed by atoms with van der Waals surface area (Å²) in [5.74, 6) is 0.719. The van der Waals surface area contributed by atoms with Gasteiger partial charge in [0.25, 0.3) is 11.8 Å². The number of likely N-dealkylation sites (tertiary alicyclic amines) is 1. The number of nitrogens with zero attached hydrogens (tertiary/aromatic N) is 1. The molecule has 32 heavy (non-hydrogen) atoms. The number of rotatable bonds is 4. The maximum absolute atomic E-state index is 12.8. The van der Waals surface area contributed by atoms with Gasteiger partial charge in [0.2, 0.25) is 0 Å². The largest absolute Gasteiger partial charge is 0.493 e. The summed E-state index contributed by atoms with van der Waals surface area (Å²) in [5, 5.41) is 6.05. The quantitative estimate of drug-likeness (QED) is 0.772. The zero-order valence-corrected chi connectivity index (χ0v) is 18.7. The van der Waals surface area contributed by atoms with Crippen LogP contribution in [-0.2, 0) is 6.42 Å². The number of ether oxygens (including phenoxy) is 1. The maximum atomic E-state index is 12.8. The lowest BCUT2D eigenvalue weighted by atomic mass is 9.99. The maximum Gasteiger partial charge on any atom is 0.251 e. The van der Waals surface area contributed by atoms with Gasteiger partial charge in [-0.15, -0.1) is 0 Å². The third-order valence-corrected chi connectivity index (χ3v) is 6.18. The van der Waals surface area contributed by atoms with Crippen LogP contribution in [0.15, 0.2) is 42.5 Å². The molecule has 1 fully saturated rings. The van der Waals surface area contributed by atoms with Crippen LogP contribution < -0.4 is 15.4 Å². The molecule has 2 aliphatic rings. The Morgan fingerprint density at radius 1 is 1.03 bits per heavy atom. The van der Waals surface area contributed by atoms with E-state index in [4.69, 9.17) is 4.74 Å². The van der Waals surface area contributed by atoms with Crippen LogP contribution in [0, 0.1) is 0 Å². The average Bonchev–Trinajstić information content (AvgIpc) is 3.32. The van der Waals surface area contributed by atoms with Crippen LogP contribution in [0.25, 0.3) is 0 Å². The van der Waals surface area contributed by atoms with Crippen molar-refractivity contribution >= 4 is 11.8 Å². The van der Waals surface area contributed by atoms with E-state index in [0.717, 1.165) is 55.8 Å². The van der Waals surface area contributed by atoms with Gasteiger partial charge in [0.15, 0.2) is 0 Å². The Morgan fingerprint density at radius 2 is 1.91 bits per heavy atom. The fraction of sp³-hybridized carbons (Fsp3) is 0.462. The van der Waals surface area contributed by atoms with Crippen molar-refractivity contribution in [2.45, 2.75) is 38.5 Å². The molecule has 4 rings (SSSR count). The second kappa shape index (κ2) is 11.1. The molecule has 0 spiro atoms. The van der Waals surface area contributed by atoms with E-state index < -0.39 is 0 Å². The lowest BCUT2D eigenvalue weighted by Gasteiger charge is -2.16. The molecule has 0 aliphatic carbocycles. The number of hydrogen-bond acceptors (Lipinski definition) is 4. The van der Waals surface area contributed by atoms with Crippen molar-refractivity contribution in [3.05, 3.63) is 64.7 Å². The number of fused-ring (bicyclic) bond motifs is 3. The molecule has 2 heterocycles. The highest BCUT2D eigenvalue weighted by Crippen LogP contribution is 2.25. The lowest BCUT2D eigenvalue weighted by Crippen LogP contribution is -2.33. The van der Waals surface area contributed by atoms with E-state index in [-0.39, 0.29) is 11.8 Å². The summed E-state index contributed by atoms with van der Waals surface area (Å²) in [6.45, 7) is 5.11. The number of amides is 2. The summed E-state index contributed by atoms with van der Waals surface area (Å²) in [5.41, 5.74) is 3.29. The third-order valence-electron chi connectivity index (χ3n) is 6.18. The Bertz CT molecular complexity index is 938. The molecule has 0 atom stereocenters. The molecule has 0 aromatic heterocycles. The predicted molar refractivity (Wildman–Crippen MR) is 125 cm³/mol. The Balaban J connectivity index is 1.50. The van der Waals surface area contributed by atoms with Gasteiger partial charge in [-0.2, -0.15) is 0 Å². The molecule has 2 amide bonds. The van der Waals surface area contributed by atoms with Gasteiger partial charge in [0, 0.05) is 37.2 Å². The molecule has 170 valence electrons. The van der Waals surface area contributed by atoms with Crippen LogP contribution in [0.3, 0.4) is 0 Å². The predicted octanol–water partition coefficient (Wildman–Crippen LogP) is 3.40. The lowest BCUT2D eigenvalue weighted by molar-refractivity contribution is 0.0943. The number of carbonyl (C=O) groups excluding carboxylic acids is 2. The van der Waals surface area contributed by atoms with E-state index in [2.05, 4.69) is 15.5 Å². The van der Waals surface area contributed by atoms with Crippen molar-refractivity contribution in [1.82, 2.24) is 15.5 Å². The molecule has 0 saturated carbocycles. The van der Waals surface area contributed by atoms with Gasteiger partial charge >= 0.3 is 0 Å². The first kappa shape index (κ1) is 22.3. The third kappa shape index (κ3) is 6.10. The molecule has 2 aromatic rings. The highest BCUT2D eigenvalue weighted by Gasteiger charge is 2.15. The fourth-order valence-electron chi connectivity index (χ4n) is 4.37. The van der Waals surface area contributed by atoms with Crippen molar-refractivity contribution in [3.8, 4) is 5.75 Å². The van der Waals surface area contributed by atoms with Gasteiger partial charge in [-0.1, -0.05) is 12.1 Å². The van der Waals surface area contributed by atoms with E-state index in [1.54, 1.807) is 0 Å². The fourth-order valence-corrected chi connectivity index (χ4v) is 4.37. The Morgan fingerprint density at radius 3 is 2.78 bits per heavy atom. The highest BCUT2D eigenvalue weighted by atomic mass is 16.5. The Labute approximate surface area is 190 Å². The first-order valence-electron chi connectivity index (χ1n) is 11.8.